The van der Waals surface area contributed by atoms with E-state index >= 15 is 0 Å². The number of ether oxygens (including phenoxy) is 3. The summed E-state index contributed by atoms with van der Waals surface area (Å²) in [7, 11) is 4.90. The number of hydrogen-bond acceptors (Lipinski definition) is 5. The standard InChI is InChI=1S/C21H23NO3S/c1-5-6-14-7-9-15(10-8-14)18-13-20(26-22-18)17-11-16(23-2)12-19(24-3)21(17)25-4/h7-13H,5-6H2,1-4H3. The van der Waals surface area contributed by atoms with Gasteiger partial charge in [-0.1, -0.05) is 37.6 Å². The topological polar surface area (TPSA) is 40.6 Å². The highest BCUT2D eigenvalue weighted by Crippen LogP contribution is 2.43. The van der Waals surface area contributed by atoms with Crippen molar-refractivity contribution >= 4 is 11.5 Å². The van der Waals surface area contributed by atoms with Crippen LogP contribution in [-0.4, -0.2) is 25.7 Å². The van der Waals surface area contributed by atoms with Crippen LogP contribution in [0.25, 0.3) is 21.7 Å². The van der Waals surface area contributed by atoms with Crippen LogP contribution >= 0.6 is 11.5 Å². The molecule has 0 bridgehead atoms. The van der Waals surface area contributed by atoms with Gasteiger partial charge in [0.2, 0.25) is 0 Å². The second-order valence-corrected chi connectivity index (χ2v) is 6.74. The molecule has 26 heavy (non-hydrogen) atoms. The molecule has 0 radical (unpaired) electrons. The van der Waals surface area contributed by atoms with E-state index in [0.29, 0.717) is 11.5 Å². The zero-order chi connectivity index (χ0) is 18.5. The Hall–Kier alpha value is -2.53. The molecule has 136 valence electrons. The van der Waals surface area contributed by atoms with Gasteiger partial charge < -0.3 is 14.2 Å². The van der Waals surface area contributed by atoms with Crippen LogP contribution in [0.1, 0.15) is 18.9 Å². The van der Waals surface area contributed by atoms with Crippen LogP contribution in [-0.2, 0) is 6.42 Å². The van der Waals surface area contributed by atoms with Gasteiger partial charge in [-0.15, -0.1) is 0 Å². The molecule has 1 aromatic heterocycles. The molecular weight excluding hydrogens is 346 g/mol. The van der Waals surface area contributed by atoms with Gasteiger partial charge in [0.05, 0.1) is 31.9 Å². The quantitative estimate of drug-likeness (QED) is 0.555. The first-order chi connectivity index (χ1) is 12.7. The fourth-order valence-electron chi connectivity index (χ4n) is 2.91. The molecule has 0 N–H and O–H groups in total. The highest BCUT2D eigenvalue weighted by Gasteiger charge is 2.17. The Labute approximate surface area is 158 Å². The lowest BCUT2D eigenvalue weighted by molar-refractivity contribution is 0.350. The Kier molecular flexibility index (Phi) is 5.78. The van der Waals surface area contributed by atoms with Crippen LogP contribution in [0, 0.1) is 0 Å². The molecule has 0 fully saturated rings. The van der Waals surface area contributed by atoms with E-state index in [2.05, 4.69) is 41.6 Å². The Morgan fingerprint density at radius 2 is 1.69 bits per heavy atom. The van der Waals surface area contributed by atoms with Gasteiger partial charge in [0.1, 0.15) is 5.75 Å². The molecule has 0 atom stereocenters. The first-order valence-corrected chi connectivity index (χ1v) is 9.33. The van der Waals surface area contributed by atoms with Crippen LogP contribution in [0.5, 0.6) is 17.2 Å². The third-order valence-electron chi connectivity index (χ3n) is 4.25. The fraction of sp³-hybridized carbons (Fsp3) is 0.286. The molecule has 3 aromatic rings. The van der Waals surface area contributed by atoms with E-state index in [9.17, 15) is 0 Å². The highest BCUT2D eigenvalue weighted by molar-refractivity contribution is 7.09. The van der Waals surface area contributed by atoms with Gasteiger partial charge in [0.25, 0.3) is 0 Å². The number of nitrogens with zero attached hydrogens (tertiary/aromatic N) is 1. The van der Waals surface area contributed by atoms with E-state index < -0.39 is 0 Å². The molecule has 0 unspecified atom stereocenters. The van der Waals surface area contributed by atoms with E-state index in [1.165, 1.54) is 17.1 Å². The molecule has 3 rings (SSSR count). The Morgan fingerprint density at radius 1 is 0.923 bits per heavy atom. The van der Waals surface area contributed by atoms with Gasteiger partial charge in [0.15, 0.2) is 11.5 Å². The molecule has 0 saturated carbocycles. The first kappa shape index (κ1) is 18.3. The molecule has 0 aliphatic carbocycles. The van der Waals surface area contributed by atoms with Gasteiger partial charge in [-0.25, -0.2) is 0 Å². The van der Waals surface area contributed by atoms with Crippen molar-refractivity contribution in [2.24, 2.45) is 0 Å². The molecule has 0 aliphatic rings. The lowest BCUT2D eigenvalue weighted by Gasteiger charge is -2.13. The van der Waals surface area contributed by atoms with Crippen molar-refractivity contribution in [1.29, 1.82) is 0 Å². The number of rotatable bonds is 7. The van der Waals surface area contributed by atoms with Crippen molar-refractivity contribution in [3.8, 4) is 38.9 Å². The molecule has 4 nitrogen and oxygen atoms in total. The summed E-state index contributed by atoms with van der Waals surface area (Å²) < 4.78 is 21.0. The van der Waals surface area contributed by atoms with Gasteiger partial charge in [0, 0.05) is 17.2 Å². The smallest absolute Gasteiger partial charge is 0.169 e. The average Bonchev–Trinajstić information content (AvgIpc) is 3.17. The number of benzene rings is 2. The third kappa shape index (κ3) is 3.68. The lowest BCUT2D eigenvalue weighted by atomic mass is 10.0. The van der Waals surface area contributed by atoms with Crippen LogP contribution in [0.4, 0.5) is 0 Å². The molecule has 0 saturated heterocycles. The Balaban J connectivity index is 1.99. The Bertz CT molecular complexity index is 871. The molecule has 5 heteroatoms. The van der Waals surface area contributed by atoms with E-state index in [1.807, 2.05) is 12.1 Å². The molecule has 0 spiro atoms. The first-order valence-electron chi connectivity index (χ1n) is 8.56. The maximum Gasteiger partial charge on any atom is 0.169 e. The van der Waals surface area contributed by atoms with Crippen LogP contribution < -0.4 is 14.2 Å². The molecule has 2 aromatic carbocycles. The summed E-state index contributed by atoms with van der Waals surface area (Å²) in [5, 5.41) is 0. The molecule has 0 aliphatic heterocycles. The summed E-state index contributed by atoms with van der Waals surface area (Å²) in [6.07, 6.45) is 2.25. The Morgan fingerprint density at radius 3 is 2.31 bits per heavy atom. The zero-order valence-corrected chi connectivity index (χ0v) is 16.4. The van der Waals surface area contributed by atoms with E-state index in [4.69, 9.17) is 14.2 Å². The van der Waals surface area contributed by atoms with Crippen molar-refractivity contribution in [2.45, 2.75) is 19.8 Å². The summed E-state index contributed by atoms with van der Waals surface area (Å²) in [5.41, 5.74) is 4.33. The maximum atomic E-state index is 5.58. The summed E-state index contributed by atoms with van der Waals surface area (Å²) in [6, 6.07) is 14.5. The second-order valence-electron chi connectivity index (χ2n) is 5.93. The van der Waals surface area contributed by atoms with Gasteiger partial charge in [-0.3, -0.25) is 0 Å². The van der Waals surface area contributed by atoms with E-state index in [-0.39, 0.29) is 0 Å². The van der Waals surface area contributed by atoms with E-state index in [1.54, 1.807) is 21.3 Å². The average molecular weight is 369 g/mol. The fourth-order valence-corrected chi connectivity index (χ4v) is 3.68. The van der Waals surface area contributed by atoms with Crippen molar-refractivity contribution in [1.82, 2.24) is 4.37 Å². The number of methoxy groups -OCH3 is 3. The number of aryl methyl sites for hydroxylation is 1. The molecule has 1 heterocycles. The number of hydrogen-bond donors (Lipinski definition) is 0. The van der Waals surface area contributed by atoms with Crippen LogP contribution in [0.2, 0.25) is 0 Å². The minimum atomic E-state index is 0.640. The van der Waals surface area contributed by atoms with Crippen LogP contribution in [0.15, 0.2) is 42.5 Å². The third-order valence-corrected chi connectivity index (χ3v) is 5.07. The minimum Gasteiger partial charge on any atom is -0.497 e. The van der Waals surface area contributed by atoms with Crippen molar-refractivity contribution < 1.29 is 14.2 Å². The minimum absolute atomic E-state index is 0.640. The van der Waals surface area contributed by atoms with E-state index in [0.717, 1.165) is 40.3 Å². The summed E-state index contributed by atoms with van der Waals surface area (Å²) >= 11 is 1.44. The summed E-state index contributed by atoms with van der Waals surface area (Å²) in [5.74, 6) is 2.04. The van der Waals surface area contributed by atoms with Crippen molar-refractivity contribution in [3.63, 3.8) is 0 Å². The monoisotopic (exact) mass is 369 g/mol. The summed E-state index contributed by atoms with van der Waals surface area (Å²) in [4.78, 5) is 1.01. The number of aromatic nitrogens is 1. The van der Waals surface area contributed by atoms with Crippen LogP contribution in [0.3, 0.4) is 0 Å². The van der Waals surface area contributed by atoms with Gasteiger partial charge in [-0.2, -0.15) is 4.37 Å². The van der Waals surface area contributed by atoms with Gasteiger partial charge in [-0.05, 0) is 35.6 Å². The predicted octanol–water partition coefficient (Wildman–Crippen LogP) is 5.46. The highest BCUT2D eigenvalue weighted by atomic mass is 32.1. The lowest BCUT2D eigenvalue weighted by Crippen LogP contribution is -1.94. The van der Waals surface area contributed by atoms with Crippen molar-refractivity contribution in [3.05, 3.63) is 48.0 Å². The zero-order valence-electron chi connectivity index (χ0n) is 15.5. The van der Waals surface area contributed by atoms with Gasteiger partial charge >= 0.3 is 0 Å². The molecular formula is C21H23NO3S. The maximum absolute atomic E-state index is 5.58. The normalized spacial score (nSPS) is 10.6. The largest absolute Gasteiger partial charge is 0.497 e. The van der Waals surface area contributed by atoms with Crippen molar-refractivity contribution in [2.75, 3.05) is 21.3 Å². The molecule has 0 amide bonds. The predicted molar refractivity (Wildman–Crippen MR) is 107 cm³/mol. The summed E-state index contributed by atoms with van der Waals surface area (Å²) in [6.45, 7) is 2.19. The second kappa shape index (κ2) is 8.23. The SMILES string of the molecule is CCCc1ccc(-c2cc(-c3cc(OC)cc(OC)c3OC)sn2)cc1.